The Kier molecular flexibility index (Phi) is 6.20. The lowest BCUT2D eigenvalue weighted by atomic mass is 9.69. The molecule has 34 heavy (non-hydrogen) atoms. The molecule has 4 rings (SSSR count). The molecule has 2 atom stereocenters. The first-order valence-corrected chi connectivity index (χ1v) is 12.6. The quantitative estimate of drug-likeness (QED) is 0.349. The number of nitrogens with zero attached hydrogens (tertiary/aromatic N) is 3. The molecule has 0 N–H and O–H groups in total. The number of anilines is 1. The monoisotopic (exact) mass is 457 g/mol. The van der Waals surface area contributed by atoms with Crippen LogP contribution in [0.1, 0.15) is 90.8 Å². The number of hydrogen-bond acceptors (Lipinski definition) is 3. The number of allylic oxidation sites excluding steroid dienone is 1. The number of nitriles is 1. The first-order chi connectivity index (χ1) is 15.9. The van der Waals surface area contributed by atoms with E-state index in [2.05, 4.69) is 88.6 Å². The summed E-state index contributed by atoms with van der Waals surface area (Å²) in [6, 6.07) is 6.86. The van der Waals surface area contributed by atoms with Gasteiger partial charge >= 0.3 is 0 Å². The third-order valence-corrected chi connectivity index (χ3v) is 8.16. The van der Waals surface area contributed by atoms with Crippen LogP contribution in [0.3, 0.4) is 0 Å². The highest BCUT2D eigenvalue weighted by Gasteiger charge is 2.40. The summed E-state index contributed by atoms with van der Waals surface area (Å²) in [7, 11) is 0. The van der Waals surface area contributed by atoms with E-state index in [1.165, 1.54) is 35.2 Å². The van der Waals surface area contributed by atoms with Crippen LogP contribution in [0.25, 0.3) is 10.9 Å². The van der Waals surface area contributed by atoms with Gasteiger partial charge in [0.25, 0.3) is 5.70 Å². The zero-order valence-corrected chi connectivity index (χ0v) is 22.0. The molecule has 1 saturated heterocycles. The van der Waals surface area contributed by atoms with E-state index in [9.17, 15) is 5.26 Å². The Morgan fingerprint density at radius 2 is 1.71 bits per heavy atom. The first kappa shape index (κ1) is 24.6. The Morgan fingerprint density at radius 3 is 2.21 bits per heavy atom. The molecule has 1 fully saturated rings. The van der Waals surface area contributed by atoms with E-state index in [-0.39, 0.29) is 34.1 Å². The van der Waals surface area contributed by atoms with Gasteiger partial charge < -0.3 is 9.64 Å². The van der Waals surface area contributed by atoms with Crippen molar-refractivity contribution in [1.29, 1.82) is 5.26 Å². The minimum absolute atomic E-state index is 0.0212. The van der Waals surface area contributed by atoms with Gasteiger partial charge in [-0.1, -0.05) is 60.6 Å². The second kappa shape index (κ2) is 8.58. The van der Waals surface area contributed by atoms with Crippen molar-refractivity contribution in [2.24, 2.45) is 5.41 Å². The molecule has 3 heterocycles. The number of benzene rings is 1. The van der Waals surface area contributed by atoms with E-state index in [4.69, 9.17) is 11.3 Å². The smallest absolute Gasteiger partial charge is 0.261 e. The molecule has 2 unspecified atom stereocenters. The molecule has 4 heteroatoms. The summed E-state index contributed by atoms with van der Waals surface area (Å²) in [6.07, 6.45) is 7.80. The molecule has 0 amide bonds. The van der Waals surface area contributed by atoms with Crippen LogP contribution in [0.4, 0.5) is 5.69 Å². The zero-order valence-electron chi connectivity index (χ0n) is 22.0. The predicted molar refractivity (Wildman–Crippen MR) is 140 cm³/mol. The van der Waals surface area contributed by atoms with Gasteiger partial charge in [0.15, 0.2) is 0 Å². The van der Waals surface area contributed by atoms with E-state index in [1.54, 1.807) is 0 Å². The van der Waals surface area contributed by atoms with Crippen molar-refractivity contribution in [3.05, 3.63) is 57.6 Å². The van der Waals surface area contributed by atoms with Crippen molar-refractivity contribution >= 4 is 11.8 Å². The van der Waals surface area contributed by atoms with Crippen molar-refractivity contribution in [2.75, 3.05) is 18.0 Å². The highest BCUT2D eigenvalue weighted by atomic mass is 16.5. The van der Waals surface area contributed by atoms with Crippen LogP contribution >= 0.6 is 0 Å². The van der Waals surface area contributed by atoms with E-state index in [0.29, 0.717) is 12.8 Å². The Bertz CT molecular complexity index is 1060. The number of ether oxygens (including phenoxy) is 1. The van der Waals surface area contributed by atoms with Crippen LogP contribution in [-0.4, -0.2) is 25.3 Å². The number of rotatable bonds is 2. The van der Waals surface area contributed by atoms with Gasteiger partial charge in [0.2, 0.25) is 0 Å². The maximum Gasteiger partial charge on any atom is 0.261 e. The van der Waals surface area contributed by atoms with Gasteiger partial charge in [-0.05, 0) is 76.3 Å². The Balaban J connectivity index is 1.72. The first-order valence-electron chi connectivity index (χ1n) is 12.6. The second-order valence-electron chi connectivity index (χ2n) is 12.7. The minimum Gasteiger partial charge on any atom is -0.371 e. The minimum atomic E-state index is -0.136. The van der Waals surface area contributed by atoms with Crippen molar-refractivity contribution in [3.63, 3.8) is 0 Å². The molecule has 1 aromatic carbocycles. The molecule has 0 radical (unpaired) electrons. The zero-order chi connectivity index (χ0) is 24.9. The van der Waals surface area contributed by atoms with E-state index < -0.39 is 0 Å². The predicted octanol–water partition coefficient (Wildman–Crippen LogP) is 7.16. The lowest BCUT2D eigenvalue weighted by molar-refractivity contribution is -0.0630. The van der Waals surface area contributed by atoms with Gasteiger partial charge in [-0.3, -0.25) is 0 Å². The Hall–Kier alpha value is -2.56. The number of hydrogen-bond donors (Lipinski definition) is 0. The maximum atomic E-state index is 9.47. The summed E-state index contributed by atoms with van der Waals surface area (Å²) in [6.45, 7) is 25.7. The van der Waals surface area contributed by atoms with Gasteiger partial charge in [0, 0.05) is 18.8 Å². The fourth-order valence-electron chi connectivity index (χ4n) is 5.63. The lowest BCUT2D eigenvalue weighted by Gasteiger charge is -2.48. The normalized spacial score (nSPS) is 27.0. The standard InChI is InChI=1S/C30H39N3O/c1-28(2,3)26-18-21(25(19-31)32-8)17-22(34-26)10-9-20-15-23-27-24(16-20)30(6,7)12-14-33(27)13-11-29(23,4)5/h9-10,15-16,22,26H,11-14,17-18H2,1-7H3/b10-9+,25-21-. The molecular weight excluding hydrogens is 418 g/mol. The second-order valence-corrected chi connectivity index (χ2v) is 12.7. The van der Waals surface area contributed by atoms with E-state index >= 15 is 0 Å². The van der Waals surface area contributed by atoms with Gasteiger partial charge in [0.1, 0.15) is 0 Å². The molecule has 3 aliphatic rings. The summed E-state index contributed by atoms with van der Waals surface area (Å²) in [5.41, 5.74) is 7.02. The third kappa shape index (κ3) is 4.54. The van der Waals surface area contributed by atoms with Crippen LogP contribution in [-0.2, 0) is 15.6 Å². The van der Waals surface area contributed by atoms with E-state index in [0.717, 1.165) is 18.7 Å². The Morgan fingerprint density at radius 1 is 1.12 bits per heavy atom. The molecule has 0 aliphatic carbocycles. The van der Waals surface area contributed by atoms with Crippen molar-refractivity contribution in [2.45, 2.75) is 97.2 Å². The molecule has 3 aliphatic heterocycles. The highest BCUT2D eigenvalue weighted by Crippen LogP contribution is 2.49. The summed E-state index contributed by atoms with van der Waals surface area (Å²) in [5.74, 6) is 0. The van der Waals surface area contributed by atoms with Crippen molar-refractivity contribution in [3.8, 4) is 6.07 Å². The third-order valence-electron chi connectivity index (χ3n) is 8.16. The Labute approximate surface area is 206 Å². The highest BCUT2D eigenvalue weighted by molar-refractivity contribution is 5.71. The lowest BCUT2D eigenvalue weighted by Crippen LogP contribution is -2.44. The van der Waals surface area contributed by atoms with Gasteiger partial charge in [-0.2, -0.15) is 0 Å². The summed E-state index contributed by atoms with van der Waals surface area (Å²) < 4.78 is 6.48. The van der Waals surface area contributed by atoms with Crippen LogP contribution in [0.5, 0.6) is 0 Å². The SMILES string of the molecule is [C-]#[N+]/C(C#N)=C1/CC(/C=C/c2cc3c4c(c2)C(C)(C)CCN4CCC3(C)C)OC(C(C)(C)C)C1. The summed E-state index contributed by atoms with van der Waals surface area (Å²) in [4.78, 5) is 6.09. The molecule has 4 nitrogen and oxygen atoms in total. The van der Waals surface area contributed by atoms with Crippen LogP contribution < -0.4 is 4.90 Å². The summed E-state index contributed by atoms with van der Waals surface area (Å²) >= 11 is 0. The average Bonchev–Trinajstić information content (AvgIpc) is 2.76. The molecule has 0 spiro atoms. The van der Waals surface area contributed by atoms with Crippen LogP contribution in [0, 0.1) is 23.3 Å². The van der Waals surface area contributed by atoms with Crippen molar-refractivity contribution < 1.29 is 4.74 Å². The fourth-order valence-corrected chi connectivity index (χ4v) is 5.63. The van der Waals surface area contributed by atoms with E-state index in [1.807, 2.05) is 0 Å². The largest absolute Gasteiger partial charge is 0.371 e. The molecule has 0 saturated carbocycles. The average molecular weight is 458 g/mol. The van der Waals surface area contributed by atoms with Gasteiger partial charge in [-0.25, -0.2) is 10.1 Å². The molecular formula is C30H39N3O. The van der Waals surface area contributed by atoms with Crippen LogP contribution in [0.2, 0.25) is 0 Å². The van der Waals surface area contributed by atoms with Gasteiger partial charge in [-0.15, -0.1) is 0 Å². The maximum absolute atomic E-state index is 9.47. The summed E-state index contributed by atoms with van der Waals surface area (Å²) in [5, 5.41) is 9.47. The molecule has 180 valence electrons. The molecule has 0 bridgehead atoms. The van der Waals surface area contributed by atoms with Crippen molar-refractivity contribution in [1.82, 2.24) is 0 Å². The van der Waals surface area contributed by atoms with Crippen LogP contribution in [0.15, 0.2) is 29.5 Å². The fraction of sp³-hybridized carbons (Fsp3) is 0.600. The van der Waals surface area contributed by atoms with Gasteiger partial charge in [0.05, 0.1) is 24.8 Å². The molecule has 1 aromatic rings. The topological polar surface area (TPSA) is 40.6 Å². The molecule has 0 aromatic heterocycles.